The lowest BCUT2D eigenvalue weighted by Crippen LogP contribution is -2.44. The van der Waals surface area contributed by atoms with Gasteiger partial charge in [0, 0.05) is 24.5 Å². The molecule has 0 bridgehead atoms. The maximum atomic E-state index is 13.3. The minimum absolute atomic E-state index is 0.128. The predicted molar refractivity (Wildman–Crippen MR) is 87.3 cm³/mol. The number of rotatable bonds is 4. The van der Waals surface area contributed by atoms with Gasteiger partial charge in [-0.15, -0.1) is 0 Å². The number of carbonyl (C=O) groups excluding carboxylic acids is 1. The summed E-state index contributed by atoms with van der Waals surface area (Å²) in [4.78, 5) is 22.4. The van der Waals surface area contributed by atoms with Crippen LogP contribution < -0.4 is 4.74 Å². The molecule has 1 atom stereocenters. The Morgan fingerprint density at radius 1 is 1.28 bits per heavy atom. The zero-order valence-electron chi connectivity index (χ0n) is 13.9. The molecule has 2 aromatic rings. The minimum atomic E-state index is -1.03. The van der Waals surface area contributed by atoms with Crippen LogP contribution in [0.1, 0.15) is 35.7 Å². The van der Waals surface area contributed by atoms with E-state index >= 15 is 0 Å². The second-order valence-electron chi connectivity index (χ2n) is 5.99. The third-order valence-corrected chi connectivity index (χ3v) is 4.19. The second kappa shape index (κ2) is 7.55. The predicted octanol–water partition coefficient (Wildman–Crippen LogP) is 3.00. The Morgan fingerprint density at radius 3 is 2.72 bits per heavy atom. The molecule has 1 aromatic heterocycles. The number of halogens is 2. The number of ether oxygens (including phenoxy) is 1. The molecule has 1 aromatic carbocycles. The van der Waals surface area contributed by atoms with Crippen molar-refractivity contribution in [1.29, 1.82) is 0 Å². The molecule has 5 nitrogen and oxygen atoms in total. The van der Waals surface area contributed by atoms with Gasteiger partial charge >= 0.3 is 6.01 Å². The number of benzene rings is 1. The highest BCUT2D eigenvalue weighted by atomic mass is 19.2. The molecule has 0 radical (unpaired) electrons. The van der Waals surface area contributed by atoms with Crippen LogP contribution in [0.5, 0.6) is 6.01 Å². The van der Waals surface area contributed by atoms with Crippen LogP contribution in [0.25, 0.3) is 0 Å². The van der Waals surface area contributed by atoms with E-state index in [0.29, 0.717) is 13.1 Å². The van der Waals surface area contributed by atoms with Crippen LogP contribution in [0.4, 0.5) is 8.78 Å². The fraction of sp³-hybridized carbons (Fsp3) is 0.389. The minimum Gasteiger partial charge on any atom is -0.458 e. The van der Waals surface area contributed by atoms with Crippen molar-refractivity contribution in [1.82, 2.24) is 14.9 Å². The van der Waals surface area contributed by atoms with Gasteiger partial charge in [-0.1, -0.05) is 6.92 Å². The van der Waals surface area contributed by atoms with E-state index in [2.05, 4.69) is 9.97 Å². The van der Waals surface area contributed by atoms with Crippen molar-refractivity contribution in [2.75, 3.05) is 13.1 Å². The molecular weight excluding hydrogens is 328 g/mol. The fourth-order valence-corrected chi connectivity index (χ4v) is 2.77. The van der Waals surface area contributed by atoms with Gasteiger partial charge in [-0.25, -0.2) is 18.7 Å². The first-order valence-corrected chi connectivity index (χ1v) is 8.28. The molecule has 132 valence electrons. The van der Waals surface area contributed by atoms with Crippen LogP contribution in [0.2, 0.25) is 0 Å². The van der Waals surface area contributed by atoms with Gasteiger partial charge in [-0.05, 0) is 43.0 Å². The summed E-state index contributed by atoms with van der Waals surface area (Å²) in [6.45, 7) is 2.92. The highest BCUT2D eigenvalue weighted by molar-refractivity contribution is 5.94. The molecule has 7 heteroatoms. The number of hydrogen-bond acceptors (Lipinski definition) is 4. The molecule has 1 amide bonds. The molecule has 2 heterocycles. The van der Waals surface area contributed by atoms with E-state index in [1.54, 1.807) is 17.3 Å². The van der Waals surface area contributed by atoms with E-state index in [9.17, 15) is 13.6 Å². The molecule has 1 saturated heterocycles. The van der Waals surface area contributed by atoms with Gasteiger partial charge in [0.1, 0.15) is 6.10 Å². The average molecular weight is 347 g/mol. The maximum Gasteiger partial charge on any atom is 0.316 e. The number of nitrogens with zero attached hydrogens (tertiary/aromatic N) is 3. The lowest BCUT2D eigenvalue weighted by atomic mass is 10.1. The zero-order valence-corrected chi connectivity index (χ0v) is 13.9. The van der Waals surface area contributed by atoms with Gasteiger partial charge in [0.15, 0.2) is 11.6 Å². The SMILES string of the molecule is CCc1cnc(OC2CCCN(C(=O)c3ccc(F)c(F)c3)C2)nc1. The van der Waals surface area contributed by atoms with Crippen LogP contribution in [-0.4, -0.2) is 40.0 Å². The molecular formula is C18H19F2N3O2. The smallest absolute Gasteiger partial charge is 0.316 e. The molecule has 1 fully saturated rings. The lowest BCUT2D eigenvalue weighted by Gasteiger charge is -2.32. The van der Waals surface area contributed by atoms with E-state index in [4.69, 9.17) is 4.74 Å². The topological polar surface area (TPSA) is 55.3 Å². The first-order chi connectivity index (χ1) is 12.1. The molecule has 1 aliphatic heterocycles. The van der Waals surface area contributed by atoms with Gasteiger partial charge in [0.2, 0.25) is 0 Å². The summed E-state index contributed by atoms with van der Waals surface area (Å²) in [6, 6.07) is 3.46. The van der Waals surface area contributed by atoms with Crippen LogP contribution >= 0.6 is 0 Å². The van der Waals surface area contributed by atoms with Gasteiger partial charge in [0.25, 0.3) is 5.91 Å². The number of likely N-dealkylation sites (tertiary alicyclic amines) is 1. The molecule has 25 heavy (non-hydrogen) atoms. The van der Waals surface area contributed by atoms with E-state index in [1.807, 2.05) is 6.92 Å². The third kappa shape index (κ3) is 4.10. The van der Waals surface area contributed by atoms with Crippen LogP contribution in [0.3, 0.4) is 0 Å². The van der Waals surface area contributed by atoms with Gasteiger partial charge in [0.05, 0.1) is 6.54 Å². The van der Waals surface area contributed by atoms with Crippen LogP contribution in [0.15, 0.2) is 30.6 Å². The van der Waals surface area contributed by atoms with Crippen molar-refractivity contribution in [2.24, 2.45) is 0 Å². The summed E-state index contributed by atoms with van der Waals surface area (Å²) in [7, 11) is 0. The van der Waals surface area contributed by atoms with E-state index in [1.165, 1.54) is 6.07 Å². The Balaban J connectivity index is 1.65. The molecule has 3 rings (SSSR count). The molecule has 0 spiro atoms. The average Bonchev–Trinajstić information content (AvgIpc) is 2.64. The Labute approximate surface area is 144 Å². The quantitative estimate of drug-likeness (QED) is 0.853. The van der Waals surface area contributed by atoms with Crippen molar-refractivity contribution in [3.05, 3.63) is 53.4 Å². The highest BCUT2D eigenvalue weighted by Gasteiger charge is 2.26. The zero-order chi connectivity index (χ0) is 17.8. The largest absolute Gasteiger partial charge is 0.458 e. The second-order valence-corrected chi connectivity index (χ2v) is 5.99. The van der Waals surface area contributed by atoms with Crippen molar-refractivity contribution in [2.45, 2.75) is 32.3 Å². The molecule has 1 unspecified atom stereocenters. The van der Waals surface area contributed by atoms with Gasteiger partial charge in [-0.2, -0.15) is 0 Å². The number of aryl methyl sites for hydroxylation is 1. The fourth-order valence-electron chi connectivity index (χ4n) is 2.77. The summed E-state index contributed by atoms with van der Waals surface area (Å²) in [5.41, 5.74) is 1.15. The summed E-state index contributed by atoms with van der Waals surface area (Å²) < 4.78 is 32.1. The van der Waals surface area contributed by atoms with Crippen molar-refractivity contribution in [3.63, 3.8) is 0 Å². The lowest BCUT2D eigenvalue weighted by molar-refractivity contribution is 0.0515. The highest BCUT2D eigenvalue weighted by Crippen LogP contribution is 2.18. The van der Waals surface area contributed by atoms with Crippen LogP contribution in [-0.2, 0) is 6.42 Å². The molecule has 0 aliphatic carbocycles. The maximum absolute atomic E-state index is 13.3. The van der Waals surface area contributed by atoms with Crippen molar-refractivity contribution >= 4 is 5.91 Å². The third-order valence-electron chi connectivity index (χ3n) is 4.19. The standard InChI is InChI=1S/C18H19F2N3O2/c1-2-12-9-21-18(22-10-12)25-14-4-3-7-23(11-14)17(24)13-5-6-15(19)16(20)8-13/h5-6,8-10,14H,2-4,7,11H2,1H3. The summed E-state index contributed by atoms with van der Waals surface area (Å²) in [6.07, 6.45) is 5.59. The Hall–Kier alpha value is -2.57. The van der Waals surface area contributed by atoms with Gasteiger partial charge < -0.3 is 9.64 Å². The number of hydrogen-bond donors (Lipinski definition) is 0. The van der Waals surface area contributed by atoms with E-state index in [-0.39, 0.29) is 23.6 Å². The summed E-state index contributed by atoms with van der Waals surface area (Å²) >= 11 is 0. The monoisotopic (exact) mass is 347 g/mol. The Morgan fingerprint density at radius 2 is 2.04 bits per heavy atom. The van der Waals surface area contributed by atoms with Crippen molar-refractivity contribution in [3.8, 4) is 6.01 Å². The Bertz CT molecular complexity index is 752. The summed E-state index contributed by atoms with van der Waals surface area (Å²) in [5, 5.41) is 0. The number of amides is 1. The molecule has 0 saturated carbocycles. The first-order valence-electron chi connectivity index (χ1n) is 8.28. The number of carbonyl (C=O) groups is 1. The summed E-state index contributed by atoms with van der Waals surface area (Å²) in [5.74, 6) is -2.33. The molecule has 1 aliphatic rings. The normalized spacial score (nSPS) is 17.4. The van der Waals surface area contributed by atoms with Gasteiger partial charge in [-0.3, -0.25) is 4.79 Å². The Kier molecular flexibility index (Phi) is 5.21. The molecule has 0 N–H and O–H groups in total. The number of piperidine rings is 1. The number of aromatic nitrogens is 2. The first kappa shape index (κ1) is 17.3. The van der Waals surface area contributed by atoms with Crippen LogP contribution in [0, 0.1) is 11.6 Å². The van der Waals surface area contributed by atoms with E-state index in [0.717, 1.165) is 37.0 Å². The van der Waals surface area contributed by atoms with E-state index < -0.39 is 11.6 Å². The van der Waals surface area contributed by atoms with Crippen molar-refractivity contribution < 1.29 is 18.3 Å².